The van der Waals surface area contributed by atoms with Crippen LogP contribution >= 0.6 is 11.8 Å². The molecule has 3 saturated carbocycles. The van der Waals surface area contributed by atoms with Crippen LogP contribution in [0.25, 0.3) is 0 Å². The molecule has 4 atom stereocenters. The van der Waals surface area contributed by atoms with E-state index in [1.54, 1.807) is 0 Å². The van der Waals surface area contributed by atoms with Crippen LogP contribution in [0.3, 0.4) is 0 Å². The maximum absolute atomic E-state index is 5.45. The van der Waals surface area contributed by atoms with Gasteiger partial charge in [0.1, 0.15) is 0 Å². The van der Waals surface area contributed by atoms with Crippen molar-refractivity contribution in [3.05, 3.63) is 35.9 Å². The number of benzene rings is 1. The van der Waals surface area contributed by atoms with Crippen LogP contribution in [0.1, 0.15) is 57.4 Å². The average molecular weight is 314 g/mol. The Labute approximate surface area is 139 Å². The third-order valence-corrected chi connectivity index (χ3v) is 7.07. The van der Waals surface area contributed by atoms with Crippen LogP contribution in [-0.2, 0) is 0 Å². The van der Waals surface area contributed by atoms with E-state index < -0.39 is 0 Å². The second kappa shape index (κ2) is 6.03. The Morgan fingerprint density at radius 3 is 2.82 bits per heavy atom. The number of thioether (sulfide) groups is 1. The molecule has 3 aliphatic carbocycles. The van der Waals surface area contributed by atoms with Gasteiger partial charge in [0.2, 0.25) is 0 Å². The van der Waals surface area contributed by atoms with E-state index >= 15 is 0 Å². The van der Waals surface area contributed by atoms with Gasteiger partial charge in [0, 0.05) is 5.56 Å². The predicted molar refractivity (Wildman–Crippen MR) is 96.6 cm³/mol. The van der Waals surface area contributed by atoms with Crippen LogP contribution < -0.4 is 0 Å². The minimum absolute atomic E-state index is 0.276. The fourth-order valence-corrected chi connectivity index (χ4v) is 6.10. The van der Waals surface area contributed by atoms with Crippen LogP contribution in [0, 0.1) is 17.8 Å². The van der Waals surface area contributed by atoms with Crippen molar-refractivity contribution in [3.63, 3.8) is 0 Å². The van der Waals surface area contributed by atoms with Crippen molar-refractivity contribution >= 4 is 16.8 Å². The molecule has 0 spiro atoms. The maximum Gasteiger partial charge on any atom is 0.0983 e. The van der Waals surface area contributed by atoms with Gasteiger partial charge in [0.15, 0.2) is 0 Å². The number of hydrogen-bond acceptors (Lipinski definition) is 2. The monoisotopic (exact) mass is 313 g/mol. The molecule has 1 aromatic rings. The zero-order valence-corrected chi connectivity index (χ0v) is 14.4. The molecule has 2 heteroatoms. The molecule has 3 fully saturated rings. The van der Waals surface area contributed by atoms with Crippen molar-refractivity contribution in [1.29, 1.82) is 0 Å². The standard InChI is InChI=1S/C20H27NS/c1-2-22-19(17-6-4-3-5-7-17)21-20-11-10-16-9-8-15(13-20)12-18(16)14-20/h3-7,15-16,18H,2,8-14H2,1H3. The number of aliphatic imine (C=N–C) groups is 1. The fourth-order valence-electron chi connectivity index (χ4n) is 5.27. The molecule has 118 valence electrons. The Bertz CT molecular complexity index is 548. The van der Waals surface area contributed by atoms with Gasteiger partial charge in [0.05, 0.1) is 10.6 Å². The van der Waals surface area contributed by atoms with Crippen LogP contribution in [0.2, 0.25) is 0 Å². The van der Waals surface area contributed by atoms with Gasteiger partial charge in [-0.05, 0) is 62.0 Å². The minimum atomic E-state index is 0.276. The first-order valence-electron chi connectivity index (χ1n) is 9.06. The third kappa shape index (κ3) is 2.75. The van der Waals surface area contributed by atoms with Crippen molar-refractivity contribution in [3.8, 4) is 0 Å². The summed E-state index contributed by atoms with van der Waals surface area (Å²) in [6, 6.07) is 10.9. The third-order valence-electron chi connectivity index (χ3n) is 6.18. The lowest BCUT2D eigenvalue weighted by Crippen LogP contribution is -2.47. The quantitative estimate of drug-likeness (QED) is 0.527. The van der Waals surface area contributed by atoms with Gasteiger partial charge < -0.3 is 0 Å². The summed E-state index contributed by atoms with van der Waals surface area (Å²) in [5, 5.41) is 1.29. The topological polar surface area (TPSA) is 12.4 Å². The molecule has 0 aromatic heterocycles. The molecular formula is C20H27NS. The highest BCUT2D eigenvalue weighted by molar-refractivity contribution is 8.14. The number of rotatable bonds is 3. The summed E-state index contributed by atoms with van der Waals surface area (Å²) in [5.74, 6) is 4.08. The molecule has 4 rings (SSSR count). The van der Waals surface area contributed by atoms with E-state index in [9.17, 15) is 0 Å². The minimum Gasteiger partial charge on any atom is -0.271 e. The van der Waals surface area contributed by atoms with Crippen molar-refractivity contribution in [2.75, 3.05) is 5.75 Å². The SMILES string of the molecule is CCSC(=NC12CCC3CCC(CC3C1)C2)c1ccccc1. The van der Waals surface area contributed by atoms with E-state index in [2.05, 4.69) is 37.3 Å². The molecule has 0 amide bonds. The summed E-state index contributed by atoms with van der Waals surface area (Å²) in [7, 11) is 0. The first-order chi connectivity index (χ1) is 10.8. The molecule has 0 N–H and O–H groups in total. The van der Waals surface area contributed by atoms with Gasteiger partial charge in [0.25, 0.3) is 0 Å². The molecule has 22 heavy (non-hydrogen) atoms. The van der Waals surface area contributed by atoms with Crippen LogP contribution in [-0.4, -0.2) is 16.3 Å². The summed E-state index contributed by atoms with van der Waals surface area (Å²) in [6.45, 7) is 2.24. The highest BCUT2D eigenvalue weighted by atomic mass is 32.2. The lowest BCUT2D eigenvalue weighted by atomic mass is 9.55. The predicted octanol–water partition coefficient (Wildman–Crippen LogP) is 5.55. The van der Waals surface area contributed by atoms with Gasteiger partial charge in [-0.2, -0.15) is 0 Å². The molecule has 1 aromatic carbocycles. The zero-order chi connectivity index (χ0) is 15.0. The van der Waals surface area contributed by atoms with E-state index in [0.29, 0.717) is 0 Å². The smallest absolute Gasteiger partial charge is 0.0983 e. The van der Waals surface area contributed by atoms with E-state index in [1.165, 1.54) is 55.6 Å². The van der Waals surface area contributed by atoms with E-state index in [0.717, 1.165) is 23.5 Å². The Balaban J connectivity index is 1.66. The summed E-state index contributed by atoms with van der Waals surface area (Å²) < 4.78 is 0. The van der Waals surface area contributed by atoms with Crippen LogP contribution in [0.4, 0.5) is 0 Å². The Kier molecular flexibility index (Phi) is 4.06. The van der Waals surface area contributed by atoms with Crippen LogP contribution in [0.5, 0.6) is 0 Å². The molecule has 0 radical (unpaired) electrons. The van der Waals surface area contributed by atoms with Crippen LogP contribution in [0.15, 0.2) is 35.3 Å². The Morgan fingerprint density at radius 2 is 2.00 bits per heavy atom. The van der Waals surface area contributed by atoms with Gasteiger partial charge in [-0.3, -0.25) is 4.99 Å². The molecule has 1 nitrogen and oxygen atoms in total. The van der Waals surface area contributed by atoms with Gasteiger partial charge >= 0.3 is 0 Å². The second-order valence-corrected chi connectivity index (χ2v) is 8.84. The summed E-state index contributed by atoms with van der Waals surface area (Å²) in [6.07, 6.45) is 9.98. The molecular weight excluding hydrogens is 286 g/mol. The van der Waals surface area contributed by atoms with Crippen molar-refractivity contribution in [2.45, 2.75) is 57.4 Å². The Hall–Kier alpha value is -0.760. The molecule has 3 aliphatic rings. The second-order valence-electron chi connectivity index (χ2n) is 7.59. The van der Waals surface area contributed by atoms with Crippen molar-refractivity contribution < 1.29 is 0 Å². The van der Waals surface area contributed by atoms with E-state index in [-0.39, 0.29) is 5.54 Å². The van der Waals surface area contributed by atoms with Gasteiger partial charge in [-0.15, -0.1) is 11.8 Å². The number of nitrogens with zero attached hydrogens (tertiary/aromatic N) is 1. The lowest BCUT2D eigenvalue weighted by Gasteiger charge is -2.53. The summed E-state index contributed by atoms with van der Waals surface area (Å²) in [5.41, 5.74) is 1.60. The highest BCUT2D eigenvalue weighted by Gasteiger charge is 2.49. The number of hydrogen-bond donors (Lipinski definition) is 0. The molecule has 4 unspecified atom stereocenters. The van der Waals surface area contributed by atoms with Crippen molar-refractivity contribution in [1.82, 2.24) is 0 Å². The zero-order valence-electron chi connectivity index (χ0n) is 13.6. The number of fused-ring (bicyclic) bond motifs is 2. The molecule has 0 saturated heterocycles. The highest BCUT2D eigenvalue weighted by Crippen LogP contribution is 2.55. The largest absolute Gasteiger partial charge is 0.271 e. The van der Waals surface area contributed by atoms with E-state index in [4.69, 9.17) is 4.99 Å². The molecule has 0 aliphatic heterocycles. The van der Waals surface area contributed by atoms with Crippen molar-refractivity contribution in [2.24, 2.45) is 22.7 Å². The molecule has 3 bridgehead atoms. The van der Waals surface area contributed by atoms with Gasteiger partial charge in [-0.25, -0.2) is 0 Å². The fraction of sp³-hybridized carbons (Fsp3) is 0.650. The molecule has 0 heterocycles. The normalized spacial score (nSPS) is 37.3. The maximum atomic E-state index is 5.45. The summed E-state index contributed by atoms with van der Waals surface area (Å²) >= 11 is 1.93. The van der Waals surface area contributed by atoms with E-state index in [1.807, 2.05) is 11.8 Å². The average Bonchev–Trinajstić information content (AvgIpc) is 2.54. The first-order valence-corrected chi connectivity index (χ1v) is 10.0. The lowest BCUT2D eigenvalue weighted by molar-refractivity contribution is 0.0158. The first kappa shape index (κ1) is 14.8. The Morgan fingerprint density at radius 1 is 1.14 bits per heavy atom. The summed E-state index contributed by atoms with van der Waals surface area (Å²) in [4.78, 5) is 5.45. The van der Waals surface area contributed by atoms with Gasteiger partial charge in [-0.1, -0.05) is 43.7 Å².